The Morgan fingerprint density at radius 1 is 1.13 bits per heavy atom. The van der Waals surface area contributed by atoms with E-state index in [1.54, 1.807) is 6.92 Å². The Kier molecular flexibility index (Phi) is 6.91. The van der Waals surface area contributed by atoms with Gasteiger partial charge in [-0.25, -0.2) is 22.7 Å². The Morgan fingerprint density at radius 3 is 2.32 bits per heavy atom. The number of nitrogens with zero attached hydrogens (tertiary/aromatic N) is 5. The summed E-state index contributed by atoms with van der Waals surface area (Å²) in [6.07, 6.45) is -0.150. The summed E-state index contributed by atoms with van der Waals surface area (Å²) in [6, 6.07) is 7.24. The largest absolute Gasteiger partial charge is 0.415 e. The van der Waals surface area contributed by atoms with Gasteiger partial charge in [0.05, 0.1) is 17.4 Å². The van der Waals surface area contributed by atoms with E-state index in [0.717, 1.165) is 11.1 Å². The second-order valence-corrected chi connectivity index (χ2v) is 9.19. The van der Waals surface area contributed by atoms with Crippen LogP contribution < -0.4 is 5.32 Å². The van der Waals surface area contributed by atoms with Crippen LogP contribution >= 0.6 is 0 Å². The van der Waals surface area contributed by atoms with E-state index in [1.807, 2.05) is 31.2 Å². The summed E-state index contributed by atoms with van der Waals surface area (Å²) < 4.78 is 55.8. The maximum absolute atomic E-state index is 12.6. The van der Waals surface area contributed by atoms with Crippen LogP contribution in [-0.4, -0.2) is 52.2 Å². The Hall–Kier alpha value is -2.99. The topological polar surface area (TPSA) is 114 Å². The highest BCUT2D eigenvalue weighted by Gasteiger charge is 2.22. The summed E-state index contributed by atoms with van der Waals surface area (Å²) in [4.78, 5) is 8.35. The summed E-state index contributed by atoms with van der Waals surface area (Å²) in [5.41, 5.74) is 2.21. The van der Waals surface area contributed by atoms with Crippen LogP contribution in [-0.2, 0) is 10.0 Å². The third-order valence-electron chi connectivity index (χ3n) is 4.59. The average Bonchev–Trinajstić information content (AvgIpc) is 3.25. The smallest absolute Gasteiger partial charge is 0.314 e. The van der Waals surface area contributed by atoms with Gasteiger partial charge in [-0.05, 0) is 19.4 Å². The van der Waals surface area contributed by atoms with Crippen LogP contribution in [0.1, 0.15) is 36.4 Å². The predicted octanol–water partition coefficient (Wildman–Crippen LogP) is 3.21. The lowest BCUT2D eigenvalue weighted by Gasteiger charge is -2.25. The monoisotopic (exact) mass is 452 g/mol. The number of benzene rings is 1. The zero-order valence-electron chi connectivity index (χ0n) is 17.2. The van der Waals surface area contributed by atoms with Crippen LogP contribution in [0.25, 0.3) is 11.5 Å². The zero-order chi connectivity index (χ0) is 22.6. The molecule has 2 aromatic heterocycles. The molecule has 31 heavy (non-hydrogen) atoms. The highest BCUT2D eigenvalue weighted by Crippen LogP contribution is 2.24. The fourth-order valence-corrected chi connectivity index (χ4v) is 3.55. The number of rotatable bonds is 9. The number of nitrogens with one attached hydrogen (secondary N) is 1. The summed E-state index contributed by atoms with van der Waals surface area (Å²) in [5.74, 6) is -0.687. The highest BCUT2D eigenvalue weighted by molar-refractivity contribution is 7.89. The molecule has 0 amide bonds. The Balaban J connectivity index is 1.82. The first kappa shape index (κ1) is 22.7. The van der Waals surface area contributed by atoms with Gasteiger partial charge < -0.3 is 9.73 Å². The van der Waals surface area contributed by atoms with Gasteiger partial charge in [-0.15, -0.1) is 10.2 Å². The molecule has 0 aliphatic rings. The van der Waals surface area contributed by atoms with Crippen molar-refractivity contribution in [1.82, 2.24) is 24.5 Å². The predicted molar refractivity (Wildman–Crippen MR) is 110 cm³/mol. The van der Waals surface area contributed by atoms with E-state index in [4.69, 9.17) is 4.42 Å². The molecule has 0 bridgehead atoms. The van der Waals surface area contributed by atoms with Gasteiger partial charge in [0.15, 0.2) is 0 Å². The molecule has 0 saturated carbocycles. The molecule has 2 heterocycles. The highest BCUT2D eigenvalue weighted by atomic mass is 32.2. The molecule has 1 atom stereocenters. The van der Waals surface area contributed by atoms with Crippen LogP contribution in [0.15, 0.2) is 41.1 Å². The van der Waals surface area contributed by atoms with E-state index in [-0.39, 0.29) is 29.7 Å². The number of alkyl halides is 2. The Morgan fingerprint density at radius 2 is 1.77 bits per heavy atom. The van der Waals surface area contributed by atoms with E-state index >= 15 is 0 Å². The maximum Gasteiger partial charge on any atom is 0.314 e. The van der Waals surface area contributed by atoms with Gasteiger partial charge in [0.2, 0.25) is 16.0 Å². The van der Waals surface area contributed by atoms with E-state index in [0.29, 0.717) is 0 Å². The molecule has 1 N–H and O–H groups in total. The molecule has 0 saturated heterocycles. The van der Waals surface area contributed by atoms with Gasteiger partial charge in [0.1, 0.15) is 0 Å². The van der Waals surface area contributed by atoms with Crippen molar-refractivity contribution in [3.63, 3.8) is 0 Å². The second kappa shape index (κ2) is 9.43. The summed E-state index contributed by atoms with van der Waals surface area (Å²) >= 11 is 0. The average molecular weight is 452 g/mol. The van der Waals surface area contributed by atoms with Crippen LogP contribution in [0.4, 0.5) is 14.7 Å². The fraction of sp³-hybridized carbons (Fsp3) is 0.368. The van der Waals surface area contributed by atoms with Gasteiger partial charge in [0.25, 0.3) is 11.8 Å². The number of sulfonamides is 1. The first-order valence-electron chi connectivity index (χ1n) is 9.40. The normalized spacial score (nSPS) is 13.0. The van der Waals surface area contributed by atoms with E-state index < -0.39 is 28.4 Å². The molecule has 3 rings (SSSR count). The number of halogens is 2. The fourth-order valence-electron chi connectivity index (χ4n) is 2.73. The van der Waals surface area contributed by atoms with E-state index in [1.165, 1.54) is 23.7 Å². The summed E-state index contributed by atoms with van der Waals surface area (Å²) in [7, 11) is -1.87. The molecule has 0 aliphatic heterocycles. The minimum Gasteiger partial charge on any atom is -0.415 e. The third kappa shape index (κ3) is 5.58. The first-order valence-corrected chi connectivity index (χ1v) is 11.0. The Bertz CT molecular complexity index is 1100. The van der Waals surface area contributed by atoms with Crippen LogP contribution in [0.3, 0.4) is 0 Å². The molecule has 0 aliphatic carbocycles. The van der Waals surface area contributed by atoms with E-state index in [2.05, 4.69) is 25.5 Å². The van der Waals surface area contributed by atoms with E-state index in [9.17, 15) is 17.2 Å². The molecule has 0 fully saturated rings. The van der Waals surface area contributed by atoms with Gasteiger partial charge in [0, 0.05) is 26.0 Å². The van der Waals surface area contributed by atoms with Crippen LogP contribution in [0.5, 0.6) is 0 Å². The Labute approximate surface area is 178 Å². The van der Waals surface area contributed by atoms with Crippen molar-refractivity contribution in [2.45, 2.75) is 26.3 Å². The molecule has 9 nitrogen and oxygen atoms in total. The lowest BCUT2D eigenvalue weighted by Crippen LogP contribution is -2.34. The quantitative estimate of drug-likeness (QED) is 0.526. The maximum atomic E-state index is 12.6. The van der Waals surface area contributed by atoms with Crippen molar-refractivity contribution < 1.29 is 21.6 Å². The van der Waals surface area contributed by atoms with Crippen molar-refractivity contribution in [2.24, 2.45) is 0 Å². The number of likely N-dealkylation sites (N-methyl/N-ethyl adjacent to an activating group) is 1. The summed E-state index contributed by atoms with van der Waals surface area (Å²) in [6.45, 7) is 3.70. The molecule has 166 valence electrons. The van der Waals surface area contributed by atoms with Gasteiger partial charge in [-0.3, -0.25) is 0 Å². The molecule has 12 heteroatoms. The van der Waals surface area contributed by atoms with Gasteiger partial charge in [-0.1, -0.05) is 29.8 Å². The van der Waals surface area contributed by atoms with Crippen molar-refractivity contribution in [3.8, 4) is 11.5 Å². The lowest BCUT2D eigenvalue weighted by atomic mass is 10.1. The number of hydrogen-bond donors (Lipinski definition) is 1. The molecule has 3 aromatic rings. The molecular weight excluding hydrogens is 430 g/mol. The minimum absolute atomic E-state index is 0.0138. The third-order valence-corrected chi connectivity index (χ3v) is 6.42. The lowest BCUT2D eigenvalue weighted by molar-refractivity contribution is 0.116. The van der Waals surface area contributed by atoms with Crippen molar-refractivity contribution in [3.05, 3.63) is 53.7 Å². The number of aromatic nitrogens is 4. The number of anilines is 1. The first-order chi connectivity index (χ1) is 14.7. The van der Waals surface area contributed by atoms with Gasteiger partial charge in [-0.2, -0.15) is 8.78 Å². The number of aryl methyl sites for hydroxylation is 1. The SMILES string of the molecule is CCS(=O)(=O)N(C)CC(Nc1ncc(-c2nnc(C(F)F)o2)cn1)c1ccc(C)cc1. The zero-order valence-corrected chi connectivity index (χ0v) is 18.0. The van der Waals surface area contributed by atoms with Crippen molar-refractivity contribution in [2.75, 3.05) is 24.7 Å². The van der Waals surface area contributed by atoms with Gasteiger partial charge >= 0.3 is 6.43 Å². The minimum atomic E-state index is -3.39. The molecule has 1 aromatic carbocycles. The van der Waals surface area contributed by atoms with Crippen LogP contribution in [0.2, 0.25) is 0 Å². The molecule has 1 unspecified atom stereocenters. The van der Waals surface area contributed by atoms with Crippen molar-refractivity contribution >= 4 is 16.0 Å². The molecule has 0 spiro atoms. The second-order valence-electron chi connectivity index (χ2n) is 6.83. The number of hydrogen-bond acceptors (Lipinski definition) is 8. The standard InChI is InChI=1S/C19H22F2N6O3S/c1-4-31(28,29)27(3)11-15(13-7-5-12(2)6-8-13)24-19-22-9-14(10-23-19)17-25-26-18(30-17)16(20)21/h5-10,15-16H,4,11H2,1-3H3,(H,22,23,24). The van der Waals surface area contributed by atoms with Crippen molar-refractivity contribution in [1.29, 1.82) is 0 Å². The van der Waals surface area contributed by atoms with Crippen LogP contribution in [0, 0.1) is 6.92 Å². The molecular formula is C19H22F2N6O3S. The molecule has 0 radical (unpaired) electrons. The summed E-state index contributed by atoms with van der Waals surface area (Å²) in [5, 5.41) is 9.96.